The molecular weight excluding hydrogens is 190 g/mol. The summed E-state index contributed by atoms with van der Waals surface area (Å²) in [5.41, 5.74) is 0. The molecule has 0 aromatic rings. The third-order valence-corrected chi connectivity index (χ3v) is 2.35. The summed E-state index contributed by atoms with van der Waals surface area (Å²) >= 11 is 0. The molecule has 1 rings (SSSR count). The minimum absolute atomic E-state index is 0.349. The van der Waals surface area contributed by atoms with E-state index >= 15 is 0 Å². The molecule has 1 aliphatic rings. The zero-order valence-corrected chi connectivity index (χ0v) is 7.84. The molecule has 0 radical (unpaired) electrons. The van der Waals surface area contributed by atoms with Crippen LogP contribution in [-0.2, 0) is 9.53 Å². The van der Waals surface area contributed by atoms with Crippen LogP contribution in [0.15, 0.2) is 0 Å². The lowest BCUT2D eigenvalue weighted by molar-refractivity contribution is -0.151. The zero-order valence-electron chi connectivity index (χ0n) is 7.84. The predicted octanol–water partition coefficient (Wildman–Crippen LogP) is 0.576. The van der Waals surface area contributed by atoms with Crippen molar-refractivity contribution >= 4 is 12.1 Å². The summed E-state index contributed by atoms with van der Waals surface area (Å²) in [4.78, 5) is 22.5. The van der Waals surface area contributed by atoms with Crippen LogP contribution in [0.2, 0.25) is 0 Å². The topological polar surface area (TPSA) is 87.1 Å². The van der Waals surface area contributed by atoms with Gasteiger partial charge >= 0.3 is 12.1 Å². The van der Waals surface area contributed by atoms with Gasteiger partial charge in [0, 0.05) is 7.11 Å². The molecule has 0 spiro atoms. The van der Waals surface area contributed by atoms with Gasteiger partial charge in [0.2, 0.25) is 0 Å². The molecule has 1 heterocycles. The van der Waals surface area contributed by atoms with Gasteiger partial charge in [0.05, 0.1) is 0 Å². The number of ether oxygens (including phenoxy) is 1. The van der Waals surface area contributed by atoms with E-state index in [1.54, 1.807) is 0 Å². The van der Waals surface area contributed by atoms with Gasteiger partial charge in [0.25, 0.3) is 0 Å². The van der Waals surface area contributed by atoms with Crippen LogP contribution in [-0.4, -0.2) is 46.6 Å². The lowest BCUT2D eigenvalue weighted by atomic mass is 10.0. The maximum Gasteiger partial charge on any atom is 0.410 e. The number of carbonyl (C=O) groups is 2. The minimum Gasteiger partial charge on any atom is -0.480 e. The Morgan fingerprint density at radius 1 is 1.36 bits per heavy atom. The summed E-state index contributed by atoms with van der Waals surface area (Å²) in [5.74, 6) is -1.12. The molecule has 1 amide bonds. The number of hydrogen-bond acceptors (Lipinski definition) is 3. The molecule has 0 aliphatic carbocycles. The van der Waals surface area contributed by atoms with Gasteiger partial charge in [0.15, 0.2) is 0 Å². The van der Waals surface area contributed by atoms with Gasteiger partial charge in [0.1, 0.15) is 12.3 Å². The second kappa shape index (κ2) is 4.28. The molecule has 0 aromatic heterocycles. The minimum atomic E-state index is -1.25. The van der Waals surface area contributed by atoms with Gasteiger partial charge < -0.3 is 14.9 Å². The number of nitrogens with zero attached hydrogens (tertiary/aromatic N) is 1. The Morgan fingerprint density at radius 3 is 2.43 bits per heavy atom. The summed E-state index contributed by atoms with van der Waals surface area (Å²) in [5, 5.41) is 17.7. The number of hydrogen-bond donors (Lipinski definition) is 2. The Bertz CT molecular complexity index is 242. The molecule has 6 nitrogen and oxygen atoms in total. The van der Waals surface area contributed by atoms with E-state index in [1.807, 2.05) is 0 Å². The first-order chi connectivity index (χ1) is 6.57. The van der Waals surface area contributed by atoms with Crippen LogP contribution >= 0.6 is 0 Å². The van der Waals surface area contributed by atoms with Crippen molar-refractivity contribution in [3.63, 3.8) is 0 Å². The Balaban J connectivity index is 2.83. The van der Waals surface area contributed by atoms with Crippen LogP contribution < -0.4 is 0 Å². The van der Waals surface area contributed by atoms with Crippen molar-refractivity contribution in [3.8, 4) is 0 Å². The van der Waals surface area contributed by atoms with Crippen molar-refractivity contribution in [1.82, 2.24) is 4.90 Å². The monoisotopic (exact) mass is 203 g/mol. The molecule has 1 aliphatic heterocycles. The van der Waals surface area contributed by atoms with Crippen LogP contribution in [0.4, 0.5) is 4.79 Å². The lowest BCUT2D eigenvalue weighted by Gasteiger charge is -2.36. The molecule has 1 fully saturated rings. The first-order valence-electron chi connectivity index (χ1n) is 4.34. The Kier molecular flexibility index (Phi) is 3.29. The average molecular weight is 203 g/mol. The molecule has 2 N–H and O–H groups in total. The molecule has 2 unspecified atom stereocenters. The van der Waals surface area contributed by atoms with E-state index in [0.717, 1.165) is 4.90 Å². The zero-order chi connectivity index (χ0) is 10.7. The highest BCUT2D eigenvalue weighted by Gasteiger charge is 2.38. The highest BCUT2D eigenvalue weighted by atomic mass is 16.5. The van der Waals surface area contributed by atoms with Crippen molar-refractivity contribution < 1.29 is 24.5 Å². The van der Waals surface area contributed by atoms with Crippen molar-refractivity contribution in [2.24, 2.45) is 0 Å². The maximum absolute atomic E-state index is 10.8. The number of carboxylic acid groups (broad SMARTS) is 2. The van der Waals surface area contributed by atoms with E-state index in [4.69, 9.17) is 14.9 Å². The number of carboxylic acids is 1. The maximum atomic E-state index is 10.8. The summed E-state index contributed by atoms with van der Waals surface area (Å²) < 4.78 is 4.93. The van der Waals surface area contributed by atoms with Crippen LogP contribution in [0.5, 0.6) is 0 Å². The SMILES string of the molecule is COC1CCCC(C(=O)O)N1C(=O)O. The first-order valence-corrected chi connectivity index (χ1v) is 4.34. The third-order valence-electron chi connectivity index (χ3n) is 2.35. The average Bonchev–Trinajstić information content (AvgIpc) is 2.16. The van der Waals surface area contributed by atoms with Gasteiger partial charge in [-0.15, -0.1) is 0 Å². The van der Waals surface area contributed by atoms with E-state index in [9.17, 15) is 9.59 Å². The number of amides is 1. The standard InChI is InChI=1S/C8H13NO5/c1-14-6-4-2-3-5(7(10)11)9(6)8(12)13/h5-6H,2-4H2,1H3,(H,10,11)(H,12,13). The predicted molar refractivity (Wildman–Crippen MR) is 45.9 cm³/mol. The molecular formula is C8H13NO5. The molecule has 0 aromatic carbocycles. The molecule has 0 saturated carbocycles. The highest BCUT2D eigenvalue weighted by molar-refractivity contribution is 5.79. The number of aliphatic carboxylic acids is 1. The molecule has 1 saturated heterocycles. The van der Waals surface area contributed by atoms with E-state index in [1.165, 1.54) is 7.11 Å². The molecule has 14 heavy (non-hydrogen) atoms. The van der Waals surface area contributed by atoms with E-state index in [-0.39, 0.29) is 0 Å². The number of likely N-dealkylation sites (tertiary alicyclic amines) is 1. The summed E-state index contributed by atoms with van der Waals surface area (Å²) in [7, 11) is 1.38. The fourth-order valence-corrected chi connectivity index (χ4v) is 1.70. The van der Waals surface area contributed by atoms with Crippen LogP contribution in [0.25, 0.3) is 0 Å². The summed E-state index contributed by atoms with van der Waals surface area (Å²) in [6.45, 7) is 0. The number of methoxy groups -OCH3 is 1. The van der Waals surface area contributed by atoms with Gasteiger partial charge in [-0.3, -0.25) is 4.90 Å². The summed E-state index contributed by atoms with van der Waals surface area (Å²) in [6, 6.07) is -0.980. The van der Waals surface area contributed by atoms with Crippen molar-refractivity contribution in [2.75, 3.05) is 7.11 Å². The normalized spacial score (nSPS) is 27.4. The Labute approximate surface area is 81.1 Å². The molecule has 6 heteroatoms. The second-order valence-electron chi connectivity index (χ2n) is 3.17. The van der Waals surface area contributed by atoms with E-state index in [0.29, 0.717) is 19.3 Å². The third kappa shape index (κ3) is 1.95. The number of rotatable bonds is 2. The van der Waals surface area contributed by atoms with Gasteiger partial charge in [-0.1, -0.05) is 0 Å². The lowest BCUT2D eigenvalue weighted by Crippen LogP contribution is -2.53. The largest absolute Gasteiger partial charge is 0.480 e. The van der Waals surface area contributed by atoms with Gasteiger partial charge in [-0.25, -0.2) is 9.59 Å². The smallest absolute Gasteiger partial charge is 0.410 e. The Hall–Kier alpha value is -1.30. The van der Waals surface area contributed by atoms with Crippen LogP contribution in [0.3, 0.4) is 0 Å². The van der Waals surface area contributed by atoms with E-state index in [2.05, 4.69) is 0 Å². The van der Waals surface area contributed by atoms with Crippen LogP contribution in [0.1, 0.15) is 19.3 Å². The fourth-order valence-electron chi connectivity index (χ4n) is 1.70. The number of piperidine rings is 1. The quantitative estimate of drug-likeness (QED) is 0.685. The highest BCUT2D eigenvalue weighted by Crippen LogP contribution is 2.23. The van der Waals surface area contributed by atoms with Gasteiger partial charge in [-0.2, -0.15) is 0 Å². The van der Waals surface area contributed by atoms with Crippen molar-refractivity contribution in [3.05, 3.63) is 0 Å². The molecule has 0 bridgehead atoms. The summed E-state index contributed by atoms with van der Waals surface area (Å²) in [6.07, 6.45) is -0.320. The Morgan fingerprint density at radius 2 is 2.00 bits per heavy atom. The first kappa shape index (κ1) is 10.8. The van der Waals surface area contributed by atoms with Crippen LogP contribution in [0, 0.1) is 0 Å². The molecule has 80 valence electrons. The van der Waals surface area contributed by atoms with E-state index < -0.39 is 24.3 Å². The molecule has 2 atom stereocenters. The fraction of sp³-hybridized carbons (Fsp3) is 0.750. The second-order valence-corrected chi connectivity index (χ2v) is 3.17. The van der Waals surface area contributed by atoms with Crippen molar-refractivity contribution in [1.29, 1.82) is 0 Å². The van der Waals surface area contributed by atoms with Crippen molar-refractivity contribution in [2.45, 2.75) is 31.5 Å². The van der Waals surface area contributed by atoms with Gasteiger partial charge in [-0.05, 0) is 19.3 Å².